The van der Waals surface area contributed by atoms with E-state index in [9.17, 15) is 0 Å². The van der Waals surface area contributed by atoms with Crippen molar-refractivity contribution in [1.29, 1.82) is 0 Å². The molecule has 0 aliphatic heterocycles. The number of hydrogen-bond donors (Lipinski definition) is 1. The molecule has 2 aromatic rings. The third kappa shape index (κ3) is 4.10. The first-order valence-corrected chi connectivity index (χ1v) is 7.62. The number of aromatic nitrogens is 2. The van der Waals surface area contributed by atoms with Crippen LogP contribution in [0.4, 0.5) is 0 Å². The molecule has 5 heteroatoms. The number of hydrogen-bond acceptors (Lipinski definition) is 5. The predicted molar refractivity (Wildman–Crippen MR) is 84.5 cm³/mol. The van der Waals surface area contributed by atoms with Crippen molar-refractivity contribution in [3.05, 3.63) is 35.5 Å². The maximum atomic E-state index is 5.78. The highest BCUT2D eigenvalue weighted by atomic mass is 32.1. The largest absolute Gasteiger partial charge is 0.330 e. The van der Waals surface area contributed by atoms with Crippen LogP contribution in [-0.2, 0) is 6.54 Å². The first kappa shape index (κ1) is 15.1. The van der Waals surface area contributed by atoms with Crippen LogP contribution in [0.2, 0.25) is 0 Å². The van der Waals surface area contributed by atoms with E-state index in [0.29, 0.717) is 6.54 Å². The molecule has 0 bridgehead atoms. The van der Waals surface area contributed by atoms with Crippen LogP contribution in [0.1, 0.15) is 19.5 Å². The van der Waals surface area contributed by atoms with E-state index in [0.717, 1.165) is 29.5 Å². The van der Waals surface area contributed by atoms with Gasteiger partial charge < -0.3 is 5.73 Å². The highest BCUT2D eigenvalue weighted by Crippen LogP contribution is 2.22. The van der Waals surface area contributed by atoms with E-state index >= 15 is 0 Å². The topological polar surface area (TPSA) is 55.0 Å². The van der Waals surface area contributed by atoms with Gasteiger partial charge in [0.2, 0.25) is 0 Å². The Hall–Kier alpha value is -1.30. The van der Waals surface area contributed by atoms with E-state index < -0.39 is 0 Å². The van der Waals surface area contributed by atoms with Gasteiger partial charge in [-0.3, -0.25) is 9.88 Å². The van der Waals surface area contributed by atoms with E-state index in [4.69, 9.17) is 5.73 Å². The number of thiazole rings is 1. The molecule has 0 radical (unpaired) electrons. The second-order valence-corrected chi connectivity index (χ2v) is 6.76. The van der Waals surface area contributed by atoms with Crippen molar-refractivity contribution in [2.75, 3.05) is 20.1 Å². The van der Waals surface area contributed by atoms with E-state index in [-0.39, 0.29) is 5.41 Å². The van der Waals surface area contributed by atoms with Crippen LogP contribution in [-0.4, -0.2) is 35.0 Å². The van der Waals surface area contributed by atoms with Gasteiger partial charge in [-0.2, -0.15) is 0 Å². The van der Waals surface area contributed by atoms with Crippen LogP contribution in [0.15, 0.2) is 29.8 Å². The Morgan fingerprint density at radius 1 is 1.35 bits per heavy atom. The molecular weight excluding hydrogens is 268 g/mol. The Morgan fingerprint density at radius 3 is 2.80 bits per heavy atom. The standard InChI is InChI=1S/C15H22N4S/c1-15(2,10-16)11-19(3)8-12-9-20-14(18-12)13-6-4-5-7-17-13/h4-7,9H,8,10-11,16H2,1-3H3. The quantitative estimate of drug-likeness (QED) is 0.888. The monoisotopic (exact) mass is 290 g/mol. The lowest BCUT2D eigenvalue weighted by atomic mass is 9.93. The Bertz CT molecular complexity index is 536. The summed E-state index contributed by atoms with van der Waals surface area (Å²) >= 11 is 1.64. The van der Waals surface area contributed by atoms with Crippen LogP contribution in [0, 0.1) is 5.41 Å². The summed E-state index contributed by atoms with van der Waals surface area (Å²) in [7, 11) is 2.11. The number of nitrogens with zero attached hydrogens (tertiary/aromatic N) is 3. The maximum absolute atomic E-state index is 5.78. The minimum absolute atomic E-state index is 0.134. The van der Waals surface area contributed by atoms with Crippen molar-refractivity contribution in [2.45, 2.75) is 20.4 Å². The molecule has 2 rings (SSSR count). The van der Waals surface area contributed by atoms with Crippen molar-refractivity contribution in [3.8, 4) is 10.7 Å². The minimum atomic E-state index is 0.134. The fraction of sp³-hybridized carbons (Fsp3) is 0.467. The smallest absolute Gasteiger partial charge is 0.142 e. The molecule has 20 heavy (non-hydrogen) atoms. The Balaban J connectivity index is 2.00. The lowest BCUT2D eigenvalue weighted by Gasteiger charge is -2.28. The summed E-state index contributed by atoms with van der Waals surface area (Å²) in [5.74, 6) is 0. The zero-order valence-corrected chi connectivity index (χ0v) is 13.2. The van der Waals surface area contributed by atoms with Crippen LogP contribution in [0.3, 0.4) is 0 Å². The van der Waals surface area contributed by atoms with Gasteiger partial charge in [-0.05, 0) is 31.1 Å². The molecule has 2 N–H and O–H groups in total. The van der Waals surface area contributed by atoms with Gasteiger partial charge in [0.1, 0.15) is 5.01 Å². The molecule has 0 saturated carbocycles. The first-order chi connectivity index (χ1) is 9.50. The van der Waals surface area contributed by atoms with Crippen molar-refractivity contribution in [2.24, 2.45) is 11.1 Å². The third-order valence-corrected chi connectivity index (χ3v) is 4.03. The van der Waals surface area contributed by atoms with Gasteiger partial charge in [0.25, 0.3) is 0 Å². The average Bonchev–Trinajstić information content (AvgIpc) is 2.87. The molecular formula is C15H22N4S. The fourth-order valence-corrected chi connectivity index (χ4v) is 2.90. The van der Waals surface area contributed by atoms with Crippen LogP contribution in [0.25, 0.3) is 10.7 Å². The second-order valence-electron chi connectivity index (χ2n) is 5.90. The minimum Gasteiger partial charge on any atom is -0.330 e. The van der Waals surface area contributed by atoms with Crippen molar-refractivity contribution in [3.63, 3.8) is 0 Å². The Morgan fingerprint density at radius 2 is 2.15 bits per heavy atom. The van der Waals surface area contributed by atoms with Crippen LogP contribution >= 0.6 is 11.3 Å². The molecule has 108 valence electrons. The third-order valence-electron chi connectivity index (χ3n) is 3.12. The molecule has 0 saturated heterocycles. The van der Waals surface area contributed by atoms with E-state index in [1.54, 1.807) is 17.5 Å². The molecule has 2 aromatic heterocycles. The first-order valence-electron chi connectivity index (χ1n) is 6.74. The molecule has 0 spiro atoms. The zero-order chi connectivity index (χ0) is 14.6. The van der Waals surface area contributed by atoms with Gasteiger partial charge in [-0.15, -0.1) is 11.3 Å². The van der Waals surface area contributed by atoms with Crippen molar-refractivity contribution in [1.82, 2.24) is 14.9 Å². The molecule has 4 nitrogen and oxygen atoms in total. The summed E-state index contributed by atoms with van der Waals surface area (Å²) in [5.41, 5.74) is 7.94. The molecule has 0 fully saturated rings. The van der Waals surface area contributed by atoms with Gasteiger partial charge in [0.05, 0.1) is 11.4 Å². The molecule has 0 aliphatic carbocycles. The molecule has 0 unspecified atom stereocenters. The predicted octanol–water partition coefficient (Wildman–Crippen LogP) is 2.62. The maximum Gasteiger partial charge on any atom is 0.142 e. The average molecular weight is 290 g/mol. The molecule has 0 amide bonds. The van der Waals surface area contributed by atoms with E-state index in [1.807, 2.05) is 18.2 Å². The summed E-state index contributed by atoms with van der Waals surface area (Å²) < 4.78 is 0. The number of rotatable bonds is 6. The molecule has 0 aliphatic rings. The summed E-state index contributed by atoms with van der Waals surface area (Å²) in [6.07, 6.45) is 1.80. The summed E-state index contributed by atoms with van der Waals surface area (Å²) in [5, 5.41) is 3.09. The van der Waals surface area contributed by atoms with Crippen LogP contribution in [0.5, 0.6) is 0 Å². The highest BCUT2D eigenvalue weighted by molar-refractivity contribution is 7.13. The number of nitrogens with two attached hydrogens (primary N) is 1. The van der Waals surface area contributed by atoms with Gasteiger partial charge in [0, 0.05) is 24.7 Å². The normalized spacial score (nSPS) is 12.1. The summed E-state index contributed by atoms with van der Waals surface area (Å²) in [6.45, 7) is 6.86. The Labute approximate surface area is 124 Å². The molecule has 2 heterocycles. The van der Waals surface area contributed by atoms with Gasteiger partial charge in [-0.25, -0.2) is 4.98 Å². The SMILES string of the molecule is CN(Cc1csc(-c2ccccn2)n1)CC(C)(C)CN. The summed E-state index contributed by atoms with van der Waals surface area (Å²) in [6, 6.07) is 5.89. The fourth-order valence-electron chi connectivity index (χ4n) is 2.11. The summed E-state index contributed by atoms with van der Waals surface area (Å²) in [4.78, 5) is 11.3. The lowest BCUT2D eigenvalue weighted by Crippen LogP contribution is -2.36. The van der Waals surface area contributed by atoms with Gasteiger partial charge in [0.15, 0.2) is 0 Å². The highest BCUT2D eigenvalue weighted by Gasteiger charge is 2.18. The number of pyridine rings is 1. The zero-order valence-electron chi connectivity index (χ0n) is 12.3. The van der Waals surface area contributed by atoms with E-state index in [1.165, 1.54) is 0 Å². The molecule has 0 aromatic carbocycles. The second kappa shape index (κ2) is 6.43. The molecule has 0 atom stereocenters. The van der Waals surface area contributed by atoms with Crippen LogP contribution < -0.4 is 5.73 Å². The lowest BCUT2D eigenvalue weighted by molar-refractivity contribution is 0.208. The van der Waals surface area contributed by atoms with Crippen molar-refractivity contribution < 1.29 is 0 Å². The van der Waals surface area contributed by atoms with Gasteiger partial charge in [-0.1, -0.05) is 19.9 Å². The Kier molecular flexibility index (Phi) is 4.86. The van der Waals surface area contributed by atoms with Gasteiger partial charge >= 0.3 is 0 Å². The van der Waals surface area contributed by atoms with Crippen molar-refractivity contribution >= 4 is 11.3 Å². The van der Waals surface area contributed by atoms with E-state index in [2.05, 4.69) is 41.1 Å².